The molecule has 1 saturated carbocycles. The van der Waals surface area contributed by atoms with E-state index in [1.165, 1.54) is 0 Å². The monoisotopic (exact) mass is 342 g/mol. The minimum Gasteiger partial charge on any atom is -0.493 e. The zero-order valence-corrected chi connectivity index (χ0v) is 13.8. The fourth-order valence-electron chi connectivity index (χ4n) is 2.98. The van der Waals surface area contributed by atoms with Crippen LogP contribution in [0.25, 0.3) is 0 Å². The first kappa shape index (κ1) is 15.2. The van der Waals surface area contributed by atoms with Crippen molar-refractivity contribution in [1.29, 1.82) is 0 Å². The summed E-state index contributed by atoms with van der Waals surface area (Å²) in [5.41, 5.74) is 2.66. The van der Waals surface area contributed by atoms with Crippen LogP contribution < -0.4 is 9.47 Å². The van der Waals surface area contributed by atoms with Gasteiger partial charge in [-0.25, -0.2) is 0 Å². The minimum atomic E-state index is -0.778. The molecule has 0 saturated heterocycles. The fraction of sp³-hybridized carbons (Fsp3) is 0.533. The third kappa shape index (κ3) is 2.28. The van der Waals surface area contributed by atoms with Gasteiger partial charge < -0.3 is 14.6 Å². The molecule has 1 aliphatic rings. The van der Waals surface area contributed by atoms with Crippen LogP contribution in [0.15, 0.2) is 4.47 Å². The zero-order valence-electron chi connectivity index (χ0n) is 12.2. The van der Waals surface area contributed by atoms with Crippen molar-refractivity contribution in [1.82, 2.24) is 0 Å². The molecule has 1 fully saturated rings. The minimum absolute atomic E-state index is 0.128. The average Bonchev–Trinajstić information content (AvgIpc) is 3.14. The number of carbonyl (C=O) groups is 1. The number of benzene rings is 1. The quantitative estimate of drug-likeness (QED) is 0.888. The number of hydrogen-bond acceptors (Lipinski definition) is 3. The van der Waals surface area contributed by atoms with Crippen LogP contribution in [0.5, 0.6) is 11.5 Å². The molecule has 5 heteroatoms. The highest BCUT2D eigenvalue weighted by atomic mass is 79.9. The van der Waals surface area contributed by atoms with Crippen molar-refractivity contribution < 1.29 is 19.4 Å². The van der Waals surface area contributed by atoms with Crippen molar-refractivity contribution in [3.05, 3.63) is 21.2 Å². The molecular formula is C15H19BrO4. The van der Waals surface area contributed by atoms with Crippen LogP contribution in [0.4, 0.5) is 0 Å². The molecular weight excluding hydrogens is 324 g/mol. The molecule has 110 valence electrons. The molecule has 20 heavy (non-hydrogen) atoms. The summed E-state index contributed by atoms with van der Waals surface area (Å²) in [5.74, 6) is 0.570. The second kappa shape index (κ2) is 5.28. The molecule has 1 N–H and O–H groups in total. The molecule has 0 aromatic heterocycles. The summed E-state index contributed by atoms with van der Waals surface area (Å²) in [6.07, 6.45) is 1.87. The molecule has 1 aromatic carbocycles. The lowest BCUT2D eigenvalue weighted by molar-refractivity contribution is -0.137. The van der Waals surface area contributed by atoms with Crippen molar-refractivity contribution in [3.63, 3.8) is 0 Å². The van der Waals surface area contributed by atoms with Crippen molar-refractivity contribution in [2.24, 2.45) is 0 Å². The van der Waals surface area contributed by atoms with Gasteiger partial charge >= 0.3 is 5.97 Å². The Morgan fingerprint density at radius 2 is 1.75 bits per heavy atom. The second-order valence-corrected chi connectivity index (χ2v) is 6.15. The van der Waals surface area contributed by atoms with Gasteiger partial charge in [-0.15, -0.1) is 0 Å². The normalized spacial score (nSPS) is 15.8. The number of hydrogen-bond donors (Lipinski definition) is 1. The fourth-order valence-corrected chi connectivity index (χ4v) is 3.36. The van der Waals surface area contributed by atoms with Gasteiger partial charge in [-0.1, -0.05) is 15.9 Å². The molecule has 2 rings (SSSR count). The molecule has 0 bridgehead atoms. The Morgan fingerprint density at radius 3 is 2.15 bits per heavy atom. The highest BCUT2D eigenvalue weighted by Gasteiger charge is 2.49. The molecule has 0 aliphatic heterocycles. The van der Waals surface area contributed by atoms with E-state index < -0.39 is 5.97 Å². The summed E-state index contributed by atoms with van der Waals surface area (Å²) in [4.78, 5) is 11.2. The van der Waals surface area contributed by atoms with E-state index in [1.54, 1.807) is 14.2 Å². The number of aliphatic carboxylic acids is 1. The number of carboxylic acids is 1. The van der Waals surface area contributed by atoms with Crippen LogP contribution in [0.3, 0.4) is 0 Å². The van der Waals surface area contributed by atoms with Gasteiger partial charge in [0, 0.05) is 21.0 Å². The van der Waals surface area contributed by atoms with Gasteiger partial charge in [0.2, 0.25) is 0 Å². The molecule has 4 nitrogen and oxygen atoms in total. The standard InChI is InChI=1S/C15H19BrO4/c1-8-11(15(5-6-15)7-10(17)18)14(20-4)13(19-3)9(2)12(8)16/h5-7H2,1-4H3,(H,17,18). The summed E-state index contributed by atoms with van der Waals surface area (Å²) < 4.78 is 12.0. The van der Waals surface area contributed by atoms with E-state index in [9.17, 15) is 9.90 Å². The van der Waals surface area contributed by atoms with Gasteiger partial charge in [-0.3, -0.25) is 4.79 Å². The first-order chi connectivity index (χ1) is 9.38. The SMILES string of the molecule is COc1c(C)c(Br)c(C)c(C2(CC(=O)O)CC2)c1OC. The Morgan fingerprint density at radius 1 is 1.20 bits per heavy atom. The van der Waals surface area contributed by atoms with E-state index in [2.05, 4.69) is 15.9 Å². The third-order valence-electron chi connectivity index (χ3n) is 4.09. The third-order valence-corrected chi connectivity index (χ3v) is 5.28. The van der Waals surface area contributed by atoms with E-state index >= 15 is 0 Å². The predicted octanol–water partition coefficient (Wildman–Crippen LogP) is 3.59. The molecule has 1 aliphatic carbocycles. The van der Waals surface area contributed by atoms with E-state index in [0.717, 1.165) is 34.0 Å². The summed E-state index contributed by atoms with van der Waals surface area (Å²) in [7, 11) is 3.21. The number of halogens is 1. The summed E-state index contributed by atoms with van der Waals surface area (Å²) in [6.45, 7) is 3.95. The van der Waals surface area contributed by atoms with E-state index in [-0.39, 0.29) is 11.8 Å². The highest BCUT2D eigenvalue weighted by molar-refractivity contribution is 9.10. The molecule has 1 aromatic rings. The largest absolute Gasteiger partial charge is 0.493 e. The van der Waals surface area contributed by atoms with Crippen LogP contribution in [0.1, 0.15) is 36.0 Å². The van der Waals surface area contributed by atoms with Crippen LogP contribution >= 0.6 is 15.9 Å². The topological polar surface area (TPSA) is 55.8 Å². The van der Waals surface area contributed by atoms with Gasteiger partial charge in [0.1, 0.15) is 0 Å². The Labute approximate surface area is 127 Å². The van der Waals surface area contributed by atoms with Crippen molar-refractivity contribution >= 4 is 21.9 Å². The zero-order chi connectivity index (χ0) is 15.1. The number of ether oxygens (including phenoxy) is 2. The van der Waals surface area contributed by atoms with Gasteiger partial charge in [0.15, 0.2) is 11.5 Å². The summed E-state index contributed by atoms with van der Waals surface area (Å²) >= 11 is 3.59. The maximum Gasteiger partial charge on any atom is 0.304 e. The number of carboxylic acid groups (broad SMARTS) is 1. The molecule has 0 amide bonds. The Balaban J connectivity index is 2.69. The predicted molar refractivity (Wildman–Crippen MR) is 79.9 cm³/mol. The number of rotatable bonds is 5. The summed E-state index contributed by atoms with van der Waals surface area (Å²) in [5, 5.41) is 9.17. The molecule has 0 unspecified atom stereocenters. The first-order valence-corrected chi connectivity index (χ1v) is 7.30. The maximum atomic E-state index is 11.2. The van der Waals surface area contributed by atoms with Crippen LogP contribution in [0.2, 0.25) is 0 Å². The average molecular weight is 343 g/mol. The number of methoxy groups -OCH3 is 2. The Hall–Kier alpha value is -1.23. The maximum absolute atomic E-state index is 11.2. The first-order valence-electron chi connectivity index (χ1n) is 6.51. The Bertz CT molecular complexity index is 562. The van der Waals surface area contributed by atoms with E-state index in [0.29, 0.717) is 11.5 Å². The van der Waals surface area contributed by atoms with Gasteiger partial charge in [-0.05, 0) is 32.3 Å². The second-order valence-electron chi connectivity index (χ2n) is 5.36. The van der Waals surface area contributed by atoms with Gasteiger partial charge in [-0.2, -0.15) is 0 Å². The van der Waals surface area contributed by atoms with Gasteiger partial charge in [0.25, 0.3) is 0 Å². The Kier molecular flexibility index (Phi) is 4.00. The molecule has 0 spiro atoms. The van der Waals surface area contributed by atoms with E-state index in [4.69, 9.17) is 9.47 Å². The van der Waals surface area contributed by atoms with Crippen molar-refractivity contribution in [3.8, 4) is 11.5 Å². The lowest BCUT2D eigenvalue weighted by Gasteiger charge is -2.24. The summed E-state index contributed by atoms with van der Waals surface area (Å²) in [6, 6.07) is 0. The van der Waals surface area contributed by atoms with Crippen molar-refractivity contribution in [2.75, 3.05) is 14.2 Å². The molecule has 0 radical (unpaired) electrons. The highest BCUT2D eigenvalue weighted by Crippen LogP contribution is 2.58. The lowest BCUT2D eigenvalue weighted by Crippen LogP contribution is -2.17. The lowest BCUT2D eigenvalue weighted by atomic mass is 9.86. The molecule has 0 heterocycles. The van der Waals surface area contributed by atoms with Gasteiger partial charge in [0.05, 0.1) is 20.6 Å². The van der Waals surface area contributed by atoms with Crippen LogP contribution in [-0.2, 0) is 10.2 Å². The smallest absolute Gasteiger partial charge is 0.304 e. The van der Waals surface area contributed by atoms with Crippen LogP contribution in [-0.4, -0.2) is 25.3 Å². The van der Waals surface area contributed by atoms with E-state index in [1.807, 2.05) is 13.8 Å². The van der Waals surface area contributed by atoms with Crippen molar-refractivity contribution in [2.45, 2.75) is 38.5 Å². The molecule has 0 atom stereocenters. The van der Waals surface area contributed by atoms with Crippen LogP contribution in [0, 0.1) is 13.8 Å².